The van der Waals surface area contributed by atoms with Gasteiger partial charge in [-0.1, -0.05) is 25.1 Å². The highest BCUT2D eigenvalue weighted by Gasteiger charge is 2.06. The van der Waals surface area contributed by atoms with Crippen LogP contribution in [0.25, 0.3) is 11.0 Å². The molecule has 0 aliphatic carbocycles. The lowest BCUT2D eigenvalue weighted by molar-refractivity contribution is 0.454. The highest BCUT2D eigenvalue weighted by molar-refractivity contribution is 5.77. The first-order valence-electron chi connectivity index (χ1n) is 5.97. The number of benzene rings is 1. The molecule has 0 amide bonds. The Labute approximate surface area is 102 Å². The van der Waals surface area contributed by atoms with E-state index in [1.165, 1.54) is 0 Å². The van der Waals surface area contributed by atoms with Gasteiger partial charge in [-0.3, -0.25) is 0 Å². The van der Waals surface area contributed by atoms with Crippen LogP contribution in [-0.4, -0.2) is 6.04 Å². The van der Waals surface area contributed by atoms with Crippen LogP contribution in [0, 0.1) is 12.3 Å². The smallest absolute Gasteiger partial charge is 0.134 e. The van der Waals surface area contributed by atoms with Gasteiger partial charge in [-0.2, -0.15) is 0 Å². The first-order chi connectivity index (χ1) is 8.33. The van der Waals surface area contributed by atoms with Crippen molar-refractivity contribution in [2.24, 2.45) is 0 Å². The molecule has 1 atom stereocenters. The number of nitrogens with one attached hydrogen (secondary N) is 1. The Morgan fingerprint density at radius 3 is 2.94 bits per heavy atom. The maximum atomic E-state index is 5.73. The molecule has 1 aromatic carbocycles. The van der Waals surface area contributed by atoms with Crippen LogP contribution in [0.15, 0.2) is 34.7 Å². The molecule has 2 nitrogen and oxygen atoms in total. The quantitative estimate of drug-likeness (QED) is 0.793. The molecule has 1 aromatic heterocycles. The highest BCUT2D eigenvalue weighted by Crippen LogP contribution is 2.18. The van der Waals surface area contributed by atoms with E-state index in [4.69, 9.17) is 10.8 Å². The molecule has 2 heteroatoms. The van der Waals surface area contributed by atoms with Crippen LogP contribution in [0.1, 0.15) is 25.5 Å². The van der Waals surface area contributed by atoms with Crippen LogP contribution in [0.5, 0.6) is 0 Å². The minimum Gasteiger partial charge on any atom is -0.460 e. The molecule has 2 aromatic rings. The van der Waals surface area contributed by atoms with Crippen LogP contribution >= 0.6 is 0 Å². The average molecular weight is 227 g/mol. The maximum absolute atomic E-state index is 5.73. The largest absolute Gasteiger partial charge is 0.460 e. The second-order valence-corrected chi connectivity index (χ2v) is 4.14. The molecule has 1 unspecified atom stereocenters. The van der Waals surface area contributed by atoms with Gasteiger partial charge in [-0.25, -0.2) is 0 Å². The summed E-state index contributed by atoms with van der Waals surface area (Å²) >= 11 is 0. The van der Waals surface area contributed by atoms with Gasteiger partial charge in [-0.15, -0.1) is 12.3 Å². The molecule has 1 heterocycles. The van der Waals surface area contributed by atoms with Crippen LogP contribution in [0.3, 0.4) is 0 Å². The Balaban J connectivity index is 2.01. The maximum Gasteiger partial charge on any atom is 0.134 e. The predicted molar refractivity (Wildman–Crippen MR) is 70.6 cm³/mol. The van der Waals surface area contributed by atoms with Crippen LogP contribution < -0.4 is 5.32 Å². The number of rotatable bonds is 5. The summed E-state index contributed by atoms with van der Waals surface area (Å²) < 4.78 is 5.73. The van der Waals surface area contributed by atoms with Crippen molar-refractivity contribution in [2.75, 3.05) is 0 Å². The summed E-state index contributed by atoms with van der Waals surface area (Å²) in [5.41, 5.74) is 0.939. The lowest BCUT2D eigenvalue weighted by Crippen LogP contribution is -2.27. The van der Waals surface area contributed by atoms with Gasteiger partial charge in [0.15, 0.2) is 0 Å². The number of hydrogen-bond donors (Lipinski definition) is 1. The van der Waals surface area contributed by atoms with Crippen molar-refractivity contribution in [3.05, 3.63) is 36.1 Å². The lowest BCUT2D eigenvalue weighted by Gasteiger charge is -2.12. The van der Waals surface area contributed by atoms with Crippen LogP contribution in [0.2, 0.25) is 0 Å². The molecule has 0 aliphatic rings. The van der Waals surface area contributed by atoms with Crippen LogP contribution in [-0.2, 0) is 6.54 Å². The minimum absolute atomic E-state index is 0.369. The van der Waals surface area contributed by atoms with Gasteiger partial charge in [0.1, 0.15) is 11.3 Å². The fourth-order valence-electron chi connectivity index (χ4n) is 1.87. The molecule has 88 valence electrons. The monoisotopic (exact) mass is 227 g/mol. The molecule has 0 saturated heterocycles. The van der Waals surface area contributed by atoms with Gasteiger partial charge in [0.05, 0.1) is 6.54 Å². The first-order valence-corrected chi connectivity index (χ1v) is 5.97. The van der Waals surface area contributed by atoms with Gasteiger partial charge >= 0.3 is 0 Å². The fourth-order valence-corrected chi connectivity index (χ4v) is 1.87. The Kier molecular flexibility index (Phi) is 3.85. The number of fused-ring (bicyclic) bond motifs is 1. The summed E-state index contributed by atoms with van der Waals surface area (Å²) in [6, 6.07) is 10.5. The summed E-state index contributed by atoms with van der Waals surface area (Å²) in [5, 5.41) is 4.56. The van der Waals surface area contributed by atoms with Crippen molar-refractivity contribution in [1.29, 1.82) is 0 Å². The van der Waals surface area contributed by atoms with E-state index >= 15 is 0 Å². The Morgan fingerprint density at radius 2 is 2.24 bits per heavy atom. The zero-order valence-electron chi connectivity index (χ0n) is 10.1. The van der Waals surface area contributed by atoms with Crippen molar-refractivity contribution >= 4 is 11.0 Å². The molecule has 17 heavy (non-hydrogen) atoms. The summed E-state index contributed by atoms with van der Waals surface area (Å²) in [5.74, 6) is 3.65. The predicted octanol–water partition coefficient (Wildman–Crippen LogP) is 3.32. The third kappa shape index (κ3) is 2.89. The molecule has 1 N–H and O–H groups in total. The first kappa shape index (κ1) is 11.8. The zero-order chi connectivity index (χ0) is 12.1. The highest BCUT2D eigenvalue weighted by atomic mass is 16.3. The average Bonchev–Trinajstić information content (AvgIpc) is 2.77. The summed E-state index contributed by atoms with van der Waals surface area (Å²) in [4.78, 5) is 0. The molecule has 0 saturated carbocycles. The third-order valence-electron chi connectivity index (χ3n) is 2.90. The summed E-state index contributed by atoms with van der Waals surface area (Å²) in [6.45, 7) is 2.86. The number of hydrogen-bond acceptors (Lipinski definition) is 2. The van der Waals surface area contributed by atoms with Gasteiger partial charge in [-0.05, 0) is 18.6 Å². The standard InChI is InChI=1S/C15H17NO/c1-3-7-13(4-2)16-11-14-10-12-8-5-6-9-15(12)17-14/h1,5-6,8-10,13,16H,4,7,11H2,2H3. The van der Waals surface area contributed by atoms with E-state index in [0.29, 0.717) is 6.04 Å². The molecular weight excluding hydrogens is 210 g/mol. The van der Waals surface area contributed by atoms with Gasteiger partial charge in [0.2, 0.25) is 0 Å². The SMILES string of the molecule is C#CCC(CC)NCc1cc2ccccc2o1. The molecule has 0 spiro atoms. The van der Waals surface area contributed by atoms with Crippen molar-refractivity contribution in [3.63, 3.8) is 0 Å². The Hall–Kier alpha value is -1.72. The Morgan fingerprint density at radius 1 is 1.41 bits per heavy atom. The second-order valence-electron chi connectivity index (χ2n) is 4.14. The molecule has 0 fully saturated rings. The van der Waals surface area contributed by atoms with E-state index in [1.54, 1.807) is 0 Å². The minimum atomic E-state index is 0.369. The van der Waals surface area contributed by atoms with Crippen molar-refractivity contribution in [1.82, 2.24) is 5.32 Å². The normalized spacial score (nSPS) is 12.5. The molecule has 0 aliphatic heterocycles. The molecular formula is C15H17NO. The summed E-state index contributed by atoms with van der Waals surface area (Å²) in [7, 11) is 0. The summed E-state index contributed by atoms with van der Waals surface area (Å²) in [6.07, 6.45) is 7.11. The molecule has 2 rings (SSSR count). The van der Waals surface area contributed by atoms with Gasteiger partial charge in [0, 0.05) is 17.8 Å². The van der Waals surface area contributed by atoms with Crippen molar-refractivity contribution in [2.45, 2.75) is 32.4 Å². The molecule has 0 radical (unpaired) electrons. The van der Waals surface area contributed by atoms with Crippen molar-refractivity contribution < 1.29 is 4.42 Å². The number of terminal acetylenes is 1. The van der Waals surface area contributed by atoms with Crippen molar-refractivity contribution in [3.8, 4) is 12.3 Å². The van der Waals surface area contributed by atoms with E-state index in [1.807, 2.05) is 18.2 Å². The van der Waals surface area contributed by atoms with Crippen LogP contribution in [0.4, 0.5) is 0 Å². The van der Waals surface area contributed by atoms with E-state index in [2.05, 4.69) is 30.3 Å². The van der Waals surface area contributed by atoms with E-state index in [9.17, 15) is 0 Å². The topological polar surface area (TPSA) is 25.2 Å². The number of furan rings is 1. The second kappa shape index (κ2) is 5.56. The third-order valence-corrected chi connectivity index (χ3v) is 2.90. The number of para-hydroxylation sites is 1. The van der Waals surface area contributed by atoms with E-state index < -0.39 is 0 Å². The zero-order valence-corrected chi connectivity index (χ0v) is 10.1. The fraction of sp³-hybridized carbons (Fsp3) is 0.333. The van der Waals surface area contributed by atoms with Gasteiger partial charge in [0.25, 0.3) is 0 Å². The Bertz CT molecular complexity index is 488. The van der Waals surface area contributed by atoms with Gasteiger partial charge < -0.3 is 9.73 Å². The van der Waals surface area contributed by atoms with E-state index in [-0.39, 0.29) is 0 Å². The molecule has 0 bridgehead atoms. The lowest BCUT2D eigenvalue weighted by atomic mass is 10.1. The van der Waals surface area contributed by atoms with E-state index in [0.717, 1.165) is 36.1 Å².